The van der Waals surface area contributed by atoms with Crippen molar-refractivity contribution in [2.45, 2.75) is 72.2 Å². The summed E-state index contributed by atoms with van der Waals surface area (Å²) in [4.78, 5) is 16.6. The molecule has 1 aliphatic carbocycles. The number of esters is 1. The molecule has 3 aromatic rings. The van der Waals surface area contributed by atoms with E-state index in [2.05, 4.69) is 41.5 Å². The van der Waals surface area contributed by atoms with Gasteiger partial charge in [0.25, 0.3) is 0 Å². The summed E-state index contributed by atoms with van der Waals surface area (Å²) in [7, 11) is 1.38. The topological polar surface area (TPSA) is 65.4 Å². The highest BCUT2D eigenvalue weighted by Crippen LogP contribution is 2.46. The highest BCUT2D eigenvalue weighted by Gasteiger charge is 2.35. The Balaban J connectivity index is 1.73. The van der Waals surface area contributed by atoms with Crippen molar-refractivity contribution >= 4 is 28.6 Å². The highest BCUT2D eigenvalue weighted by molar-refractivity contribution is 5.82. The molecular weight excluding hydrogens is 483 g/mol. The lowest BCUT2D eigenvalue weighted by Gasteiger charge is -2.40. The summed E-state index contributed by atoms with van der Waals surface area (Å²) in [6.07, 6.45) is -0.759. The lowest BCUT2D eigenvalue weighted by Crippen LogP contribution is -2.29. The van der Waals surface area contributed by atoms with Crippen molar-refractivity contribution in [3.05, 3.63) is 47.5 Å². The molecule has 6 nitrogen and oxygen atoms in total. The van der Waals surface area contributed by atoms with Crippen LogP contribution < -0.4 is 10.1 Å². The van der Waals surface area contributed by atoms with Gasteiger partial charge < -0.3 is 19.4 Å². The first-order valence-corrected chi connectivity index (χ1v) is 12.5. The Morgan fingerprint density at radius 3 is 2.51 bits per heavy atom. The van der Waals surface area contributed by atoms with Gasteiger partial charge in [-0.05, 0) is 91.5 Å². The summed E-state index contributed by atoms with van der Waals surface area (Å²) >= 11 is 0. The molecule has 37 heavy (non-hydrogen) atoms. The van der Waals surface area contributed by atoms with Crippen molar-refractivity contribution in [1.29, 1.82) is 0 Å². The van der Waals surface area contributed by atoms with Gasteiger partial charge in [-0.25, -0.2) is 4.98 Å². The Hall–Kier alpha value is -3.23. The maximum atomic E-state index is 12.6. The molecule has 4 rings (SSSR count). The molecule has 1 aromatic heterocycles. The summed E-state index contributed by atoms with van der Waals surface area (Å²) < 4.78 is 48.7. The monoisotopic (exact) mass is 517 g/mol. The van der Waals surface area contributed by atoms with E-state index in [4.69, 9.17) is 9.72 Å². The third-order valence-electron chi connectivity index (χ3n) is 7.05. The lowest BCUT2D eigenvalue weighted by molar-refractivity contribution is -0.274. The third-order valence-corrected chi connectivity index (χ3v) is 7.05. The van der Waals surface area contributed by atoms with Gasteiger partial charge in [0.15, 0.2) is 0 Å². The number of carbonyl (C=O) groups is 1. The summed E-state index contributed by atoms with van der Waals surface area (Å²) in [6.45, 7) is 8.88. The van der Waals surface area contributed by atoms with E-state index in [1.165, 1.54) is 19.2 Å². The number of anilines is 2. The van der Waals surface area contributed by atoms with E-state index in [0.29, 0.717) is 24.0 Å². The molecule has 0 radical (unpaired) electrons. The van der Waals surface area contributed by atoms with Crippen molar-refractivity contribution in [2.75, 3.05) is 12.4 Å². The van der Waals surface area contributed by atoms with Crippen LogP contribution in [0.4, 0.5) is 24.8 Å². The van der Waals surface area contributed by atoms with Crippen LogP contribution in [0.25, 0.3) is 11.0 Å². The van der Waals surface area contributed by atoms with Crippen molar-refractivity contribution < 1.29 is 27.4 Å². The second-order valence-corrected chi connectivity index (χ2v) is 10.9. The van der Waals surface area contributed by atoms with Crippen molar-refractivity contribution in [3.63, 3.8) is 0 Å². The standard InChI is InChI=1S/C28H34F3N3O3/c1-17-12-21(16-27(3,4)15-17)34-24-13-18(2)19(6-11-25(35)36-5)14-23(24)33-26(34)32-20-7-9-22(10-8-20)37-28(29,30)31/h7-10,13-14,17,21H,6,11-12,15-16H2,1-5H3,(H,32,33). The fraction of sp³-hybridized carbons (Fsp3) is 0.500. The van der Waals surface area contributed by atoms with Crippen LogP contribution in [0.5, 0.6) is 5.75 Å². The molecule has 2 atom stereocenters. The van der Waals surface area contributed by atoms with Gasteiger partial charge in [-0.2, -0.15) is 0 Å². The molecule has 1 N–H and O–H groups in total. The van der Waals surface area contributed by atoms with Gasteiger partial charge in [-0.1, -0.05) is 20.8 Å². The van der Waals surface area contributed by atoms with Gasteiger partial charge in [-0.15, -0.1) is 13.2 Å². The average molecular weight is 518 g/mol. The molecule has 1 heterocycles. The molecule has 1 fully saturated rings. The summed E-state index contributed by atoms with van der Waals surface area (Å²) in [5.41, 5.74) is 4.68. The maximum absolute atomic E-state index is 12.6. The van der Waals surface area contributed by atoms with E-state index in [1.54, 1.807) is 12.1 Å². The minimum Gasteiger partial charge on any atom is -0.469 e. The number of hydrogen-bond acceptors (Lipinski definition) is 5. The van der Waals surface area contributed by atoms with Crippen molar-refractivity contribution in [2.24, 2.45) is 11.3 Å². The predicted molar refractivity (Wildman–Crippen MR) is 137 cm³/mol. The zero-order valence-electron chi connectivity index (χ0n) is 21.9. The number of rotatable bonds is 7. The first-order valence-electron chi connectivity index (χ1n) is 12.5. The smallest absolute Gasteiger partial charge is 0.469 e. The molecule has 0 aliphatic heterocycles. The molecule has 200 valence electrons. The number of alkyl halides is 3. The molecular formula is C28H34F3N3O3. The molecule has 0 saturated heterocycles. The molecule has 9 heteroatoms. The van der Waals surface area contributed by atoms with Crippen LogP contribution in [-0.4, -0.2) is 29.0 Å². The van der Waals surface area contributed by atoms with E-state index in [1.807, 2.05) is 13.0 Å². The summed E-state index contributed by atoms with van der Waals surface area (Å²) in [5, 5.41) is 3.33. The number of hydrogen-bond donors (Lipinski definition) is 1. The van der Waals surface area contributed by atoms with Gasteiger partial charge >= 0.3 is 12.3 Å². The number of nitrogens with zero attached hydrogens (tertiary/aromatic N) is 2. The second-order valence-electron chi connectivity index (χ2n) is 10.9. The lowest BCUT2D eigenvalue weighted by atomic mass is 9.70. The zero-order valence-corrected chi connectivity index (χ0v) is 21.9. The van der Waals surface area contributed by atoms with E-state index < -0.39 is 6.36 Å². The minimum atomic E-state index is -4.74. The SMILES string of the molecule is COC(=O)CCc1cc2nc(Nc3ccc(OC(F)(F)F)cc3)n(C3CC(C)CC(C)(C)C3)c2cc1C. The summed E-state index contributed by atoms with van der Waals surface area (Å²) in [5.74, 6) is 0.640. The molecule has 1 aliphatic rings. The maximum Gasteiger partial charge on any atom is 0.573 e. The van der Waals surface area contributed by atoms with Gasteiger partial charge in [0.2, 0.25) is 5.95 Å². The molecule has 0 spiro atoms. The van der Waals surface area contributed by atoms with E-state index in [-0.39, 0.29) is 29.6 Å². The van der Waals surface area contributed by atoms with E-state index in [0.717, 1.165) is 41.4 Å². The average Bonchev–Trinajstić information content (AvgIpc) is 3.12. The molecule has 0 amide bonds. The normalized spacial score (nSPS) is 19.6. The van der Waals surface area contributed by atoms with Crippen molar-refractivity contribution in [3.8, 4) is 5.75 Å². The Bertz CT molecular complexity index is 1270. The first kappa shape index (κ1) is 26.8. The number of halogens is 3. The summed E-state index contributed by atoms with van der Waals surface area (Å²) in [6, 6.07) is 10.0. The highest BCUT2D eigenvalue weighted by atomic mass is 19.4. The van der Waals surface area contributed by atoms with E-state index >= 15 is 0 Å². The number of methoxy groups -OCH3 is 1. The predicted octanol–water partition coefficient (Wildman–Crippen LogP) is 7.48. The van der Waals surface area contributed by atoms with Crippen LogP contribution in [0.15, 0.2) is 36.4 Å². The van der Waals surface area contributed by atoms with Crippen LogP contribution in [0.1, 0.15) is 63.6 Å². The second kappa shape index (κ2) is 10.3. The first-order chi connectivity index (χ1) is 17.3. The van der Waals surface area contributed by atoms with Crippen LogP contribution >= 0.6 is 0 Å². The molecule has 1 saturated carbocycles. The number of aryl methyl sites for hydroxylation is 2. The number of aromatic nitrogens is 2. The van der Waals surface area contributed by atoms with Gasteiger partial charge in [0, 0.05) is 18.2 Å². The van der Waals surface area contributed by atoms with Crippen LogP contribution in [0.2, 0.25) is 0 Å². The van der Waals surface area contributed by atoms with Crippen LogP contribution in [0.3, 0.4) is 0 Å². The van der Waals surface area contributed by atoms with Crippen LogP contribution in [-0.2, 0) is 16.0 Å². The fourth-order valence-corrected chi connectivity index (χ4v) is 5.72. The number of nitrogens with one attached hydrogen (secondary N) is 1. The Labute approximate surface area is 215 Å². The number of carbonyl (C=O) groups excluding carboxylic acids is 1. The minimum absolute atomic E-state index is 0.169. The number of fused-ring (bicyclic) bond motifs is 1. The van der Waals surface area contributed by atoms with Gasteiger partial charge in [-0.3, -0.25) is 4.79 Å². The number of benzene rings is 2. The Morgan fingerprint density at radius 1 is 1.19 bits per heavy atom. The quantitative estimate of drug-likeness (QED) is 0.329. The third kappa shape index (κ3) is 6.56. The van der Waals surface area contributed by atoms with Crippen molar-refractivity contribution in [1.82, 2.24) is 9.55 Å². The van der Waals surface area contributed by atoms with Crippen LogP contribution in [0, 0.1) is 18.3 Å². The zero-order chi connectivity index (χ0) is 27.0. The van der Waals surface area contributed by atoms with Gasteiger partial charge in [0.05, 0.1) is 18.1 Å². The number of imidazole rings is 1. The molecule has 0 bridgehead atoms. The van der Waals surface area contributed by atoms with E-state index in [9.17, 15) is 18.0 Å². The fourth-order valence-electron chi connectivity index (χ4n) is 5.72. The molecule has 2 aromatic carbocycles. The largest absolute Gasteiger partial charge is 0.573 e. The van der Waals surface area contributed by atoms with Gasteiger partial charge in [0.1, 0.15) is 5.75 Å². The molecule has 2 unspecified atom stereocenters. The number of ether oxygens (including phenoxy) is 2. The Kier molecular flexibility index (Phi) is 7.44. The Morgan fingerprint density at radius 2 is 1.89 bits per heavy atom.